The van der Waals surface area contributed by atoms with Crippen LogP contribution in [-0.4, -0.2) is 0 Å². The summed E-state index contributed by atoms with van der Waals surface area (Å²) in [5.41, 5.74) is 4.01. The van der Waals surface area contributed by atoms with Crippen molar-refractivity contribution in [3.63, 3.8) is 0 Å². The largest absolute Gasteiger partial charge is 0.306 e. The molecule has 1 nitrogen and oxygen atoms in total. The molecule has 0 saturated carbocycles. The van der Waals surface area contributed by atoms with Crippen molar-refractivity contribution in [2.75, 3.05) is 0 Å². The van der Waals surface area contributed by atoms with E-state index in [4.69, 9.17) is 0 Å². The molecule has 0 spiro atoms. The van der Waals surface area contributed by atoms with E-state index >= 15 is 0 Å². The molecule has 0 amide bonds. The van der Waals surface area contributed by atoms with E-state index in [0.717, 1.165) is 6.54 Å². The van der Waals surface area contributed by atoms with Crippen LogP contribution >= 0.6 is 0 Å². The molecule has 1 unspecified atom stereocenters. The zero-order valence-electron chi connectivity index (χ0n) is 12.6. The van der Waals surface area contributed by atoms with Crippen molar-refractivity contribution in [2.45, 2.75) is 26.4 Å². The van der Waals surface area contributed by atoms with Gasteiger partial charge in [0.2, 0.25) is 0 Å². The van der Waals surface area contributed by atoms with Gasteiger partial charge in [-0.15, -0.1) is 0 Å². The Hall–Kier alpha value is -2.12. The van der Waals surface area contributed by atoms with E-state index < -0.39 is 0 Å². The molecule has 106 valence electrons. The van der Waals surface area contributed by atoms with E-state index in [1.54, 1.807) is 0 Å². The molecule has 0 fully saturated rings. The Balaban J connectivity index is 1.79. The number of benzene rings is 3. The topological polar surface area (TPSA) is 12.0 Å². The van der Waals surface area contributed by atoms with Crippen LogP contribution in [0.4, 0.5) is 0 Å². The number of aryl methyl sites for hydroxylation is 1. The third-order valence-corrected chi connectivity index (χ3v) is 3.98. The maximum Gasteiger partial charge on any atom is 0.0301 e. The van der Waals surface area contributed by atoms with Crippen LogP contribution in [0.3, 0.4) is 0 Å². The van der Waals surface area contributed by atoms with Crippen molar-refractivity contribution in [2.24, 2.45) is 0 Å². The van der Waals surface area contributed by atoms with Crippen LogP contribution in [0, 0.1) is 6.92 Å². The molecule has 21 heavy (non-hydrogen) atoms. The minimum atomic E-state index is 0.330. The van der Waals surface area contributed by atoms with Gasteiger partial charge in [0, 0.05) is 12.6 Å². The average molecular weight is 275 g/mol. The molecule has 0 heterocycles. The van der Waals surface area contributed by atoms with E-state index in [2.05, 4.69) is 85.9 Å². The maximum absolute atomic E-state index is 3.63. The van der Waals surface area contributed by atoms with Gasteiger partial charge in [-0.05, 0) is 35.7 Å². The first-order chi connectivity index (χ1) is 10.2. The van der Waals surface area contributed by atoms with Gasteiger partial charge in [-0.1, -0.05) is 72.3 Å². The summed E-state index contributed by atoms with van der Waals surface area (Å²) in [6.07, 6.45) is 0. The van der Waals surface area contributed by atoms with E-state index in [9.17, 15) is 0 Å². The Morgan fingerprint density at radius 3 is 2.52 bits per heavy atom. The SMILES string of the molecule is Cc1cccc(CNC(C)c2cccc3ccccc23)c1. The Morgan fingerprint density at radius 1 is 0.905 bits per heavy atom. The molecule has 3 rings (SSSR count). The maximum atomic E-state index is 3.63. The summed E-state index contributed by atoms with van der Waals surface area (Å²) in [6, 6.07) is 24.1. The Kier molecular flexibility index (Phi) is 4.03. The lowest BCUT2D eigenvalue weighted by atomic mass is 9.99. The van der Waals surface area contributed by atoms with Crippen LogP contribution in [0.25, 0.3) is 10.8 Å². The lowest BCUT2D eigenvalue weighted by Gasteiger charge is -2.17. The third-order valence-electron chi connectivity index (χ3n) is 3.98. The van der Waals surface area contributed by atoms with Gasteiger partial charge < -0.3 is 5.32 Å². The number of hydrogen-bond donors (Lipinski definition) is 1. The molecule has 3 aromatic rings. The number of fused-ring (bicyclic) bond motifs is 1. The van der Waals surface area contributed by atoms with Crippen molar-refractivity contribution < 1.29 is 0 Å². The van der Waals surface area contributed by atoms with Crippen molar-refractivity contribution in [1.82, 2.24) is 5.32 Å². The van der Waals surface area contributed by atoms with Gasteiger partial charge in [0.1, 0.15) is 0 Å². The Labute approximate surface area is 126 Å². The molecule has 1 atom stereocenters. The van der Waals surface area contributed by atoms with Crippen molar-refractivity contribution >= 4 is 10.8 Å². The monoisotopic (exact) mass is 275 g/mol. The predicted octanol–water partition coefficient (Wildman–Crippen LogP) is 5.00. The summed E-state index contributed by atoms with van der Waals surface area (Å²) in [4.78, 5) is 0. The second-order valence-electron chi connectivity index (χ2n) is 5.66. The molecule has 1 N–H and O–H groups in total. The number of nitrogens with one attached hydrogen (secondary N) is 1. The molecule has 0 aliphatic heterocycles. The van der Waals surface area contributed by atoms with Gasteiger partial charge in [-0.25, -0.2) is 0 Å². The summed E-state index contributed by atoms with van der Waals surface area (Å²) >= 11 is 0. The van der Waals surface area contributed by atoms with Gasteiger partial charge in [0.05, 0.1) is 0 Å². The molecule has 0 saturated heterocycles. The van der Waals surface area contributed by atoms with Crippen LogP contribution in [-0.2, 0) is 6.54 Å². The molecular formula is C20H21N. The summed E-state index contributed by atoms with van der Waals surface area (Å²) in [5, 5.41) is 6.28. The van der Waals surface area contributed by atoms with Crippen molar-refractivity contribution in [3.8, 4) is 0 Å². The lowest BCUT2D eigenvalue weighted by molar-refractivity contribution is 0.578. The first-order valence-corrected chi connectivity index (χ1v) is 7.50. The lowest BCUT2D eigenvalue weighted by Crippen LogP contribution is -2.18. The third kappa shape index (κ3) is 3.14. The first-order valence-electron chi connectivity index (χ1n) is 7.50. The van der Waals surface area contributed by atoms with Crippen molar-refractivity contribution in [1.29, 1.82) is 0 Å². The molecule has 3 aromatic carbocycles. The van der Waals surface area contributed by atoms with Crippen LogP contribution in [0.1, 0.15) is 29.7 Å². The van der Waals surface area contributed by atoms with Crippen LogP contribution < -0.4 is 5.32 Å². The number of rotatable bonds is 4. The highest BCUT2D eigenvalue weighted by molar-refractivity contribution is 5.86. The molecule has 0 aliphatic carbocycles. The van der Waals surface area contributed by atoms with E-state index in [-0.39, 0.29) is 0 Å². The van der Waals surface area contributed by atoms with E-state index in [1.807, 2.05) is 0 Å². The standard InChI is InChI=1S/C20H21N/c1-15-7-5-8-17(13-15)14-21-16(2)19-12-6-10-18-9-3-4-11-20(18)19/h3-13,16,21H,14H2,1-2H3. The summed E-state index contributed by atoms with van der Waals surface area (Å²) in [7, 11) is 0. The van der Waals surface area contributed by atoms with E-state index in [0.29, 0.717) is 6.04 Å². The molecule has 0 radical (unpaired) electrons. The highest BCUT2D eigenvalue weighted by Crippen LogP contribution is 2.24. The predicted molar refractivity (Wildman–Crippen MR) is 90.4 cm³/mol. The quantitative estimate of drug-likeness (QED) is 0.706. The smallest absolute Gasteiger partial charge is 0.0301 e. The summed E-state index contributed by atoms with van der Waals surface area (Å²) in [6.45, 7) is 5.27. The number of hydrogen-bond acceptors (Lipinski definition) is 1. The van der Waals surface area contributed by atoms with Crippen molar-refractivity contribution in [3.05, 3.63) is 83.4 Å². The fraction of sp³-hybridized carbons (Fsp3) is 0.200. The van der Waals surface area contributed by atoms with Gasteiger partial charge in [0.25, 0.3) is 0 Å². The van der Waals surface area contributed by atoms with Gasteiger partial charge in [-0.3, -0.25) is 0 Å². The second-order valence-corrected chi connectivity index (χ2v) is 5.66. The zero-order chi connectivity index (χ0) is 14.7. The van der Waals surface area contributed by atoms with Crippen LogP contribution in [0.5, 0.6) is 0 Å². The summed E-state index contributed by atoms with van der Waals surface area (Å²) < 4.78 is 0. The zero-order valence-corrected chi connectivity index (χ0v) is 12.6. The fourth-order valence-electron chi connectivity index (χ4n) is 2.83. The average Bonchev–Trinajstić information content (AvgIpc) is 2.52. The molecule has 0 aromatic heterocycles. The molecule has 1 heteroatoms. The van der Waals surface area contributed by atoms with Gasteiger partial charge in [0.15, 0.2) is 0 Å². The van der Waals surface area contributed by atoms with Gasteiger partial charge >= 0.3 is 0 Å². The highest BCUT2D eigenvalue weighted by Gasteiger charge is 2.08. The van der Waals surface area contributed by atoms with Gasteiger partial charge in [-0.2, -0.15) is 0 Å². The first kappa shape index (κ1) is 13.8. The minimum Gasteiger partial charge on any atom is -0.306 e. The minimum absolute atomic E-state index is 0.330. The van der Waals surface area contributed by atoms with Crippen LogP contribution in [0.15, 0.2) is 66.7 Å². The molecule has 0 bridgehead atoms. The Morgan fingerprint density at radius 2 is 1.67 bits per heavy atom. The van der Waals surface area contributed by atoms with E-state index in [1.165, 1.54) is 27.5 Å². The Bertz CT molecular complexity index is 740. The normalized spacial score (nSPS) is 12.5. The fourth-order valence-corrected chi connectivity index (χ4v) is 2.83. The van der Waals surface area contributed by atoms with Crippen LogP contribution in [0.2, 0.25) is 0 Å². The highest BCUT2D eigenvalue weighted by atomic mass is 14.9. The summed E-state index contributed by atoms with van der Waals surface area (Å²) in [5.74, 6) is 0. The molecule has 0 aliphatic rings. The second kappa shape index (κ2) is 6.11. The molecular weight excluding hydrogens is 254 g/mol.